The van der Waals surface area contributed by atoms with Crippen LogP contribution in [0.1, 0.15) is 43.1 Å². The van der Waals surface area contributed by atoms with Crippen molar-refractivity contribution in [1.82, 2.24) is 15.2 Å². The number of benzene rings is 1. The molecule has 3 N–H and O–H groups in total. The molecule has 2 aromatic rings. The Labute approximate surface area is 124 Å². The zero-order valence-corrected chi connectivity index (χ0v) is 12.7. The lowest BCUT2D eigenvalue weighted by Crippen LogP contribution is -2.31. The predicted octanol–water partition coefficient (Wildman–Crippen LogP) is 3.06. The van der Waals surface area contributed by atoms with Gasteiger partial charge in [-0.25, -0.2) is 5.43 Å². The van der Waals surface area contributed by atoms with Crippen molar-refractivity contribution >= 4 is 11.6 Å². The summed E-state index contributed by atoms with van der Waals surface area (Å²) in [4.78, 5) is 0. The van der Waals surface area contributed by atoms with Gasteiger partial charge in [0.05, 0.1) is 23.0 Å². The second-order valence-electron chi connectivity index (χ2n) is 4.75. The van der Waals surface area contributed by atoms with Crippen molar-refractivity contribution in [2.45, 2.75) is 39.3 Å². The molecular weight excluding hydrogens is 272 g/mol. The quantitative estimate of drug-likeness (QED) is 0.635. The van der Waals surface area contributed by atoms with E-state index in [2.05, 4.69) is 36.5 Å². The summed E-state index contributed by atoms with van der Waals surface area (Å²) in [6.45, 7) is 5.08. The van der Waals surface area contributed by atoms with E-state index < -0.39 is 0 Å². The highest BCUT2D eigenvalue weighted by molar-refractivity contribution is 6.31. The Morgan fingerprint density at radius 3 is 2.75 bits per heavy atom. The van der Waals surface area contributed by atoms with E-state index in [0.29, 0.717) is 5.02 Å². The minimum atomic E-state index is -0.146. The van der Waals surface area contributed by atoms with Crippen LogP contribution in [0, 0.1) is 0 Å². The minimum Gasteiger partial charge on any atom is -0.271 e. The summed E-state index contributed by atoms with van der Waals surface area (Å²) in [5.74, 6) is 5.80. The van der Waals surface area contributed by atoms with Crippen molar-refractivity contribution in [3.8, 4) is 0 Å². The third-order valence-corrected chi connectivity index (χ3v) is 3.75. The summed E-state index contributed by atoms with van der Waals surface area (Å²) in [5.41, 5.74) is 6.23. The Morgan fingerprint density at radius 2 is 2.10 bits per heavy atom. The molecule has 0 aliphatic heterocycles. The van der Waals surface area contributed by atoms with Crippen LogP contribution in [-0.4, -0.2) is 9.78 Å². The lowest BCUT2D eigenvalue weighted by atomic mass is 9.96. The van der Waals surface area contributed by atoms with E-state index in [9.17, 15) is 0 Å². The molecule has 0 aliphatic rings. The molecular formula is C15H21ClN4. The van der Waals surface area contributed by atoms with Crippen LogP contribution in [0.3, 0.4) is 0 Å². The van der Waals surface area contributed by atoms with Crippen molar-refractivity contribution < 1.29 is 0 Å². The number of aryl methyl sites for hydroxylation is 2. The van der Waals surface area contributed by atoms with E-state index in [-0.39, 0.29) is 6.04 Å². The molecule has 0 fully saturated rings. The minimum absolute atomic E-state index is 0.146. The number of rotatable bonds is 6. The SMILES string of the molecule is CCCn1ncc(Cl)c1C(NN)c1ccccc1CC. The first-order valence-corrected chi connectivity index (χ1v) is 7.35. The average Bonchev–Trinajstić information content (AvgIpc) is 2.83. The highest BCUT2D eigenvalue weighted by Crippen LogP contribution is 2.30. The zero-order chi connectivity index (χ0) is 14.5. The highest BCUT2D eigenvalue weighted by Gasteiger charge is 2.22. The van der Waals surface area contributed by atoms with Gasteiger partial charge in [-0.1, -0.05) is 49.7 Å². The summed E-state index contributed by atoms with van der Waals surface area (Å²) in [7, 11) is 0. The molecule has 108 valence electrons. The molecule has 2 rings (SSSR count). The lowest BCUT2D eigenvalue weighted by Gasteiger charge is -2.21. The molecule has 1 unspecified atom stereocenters. The number of hydrogen-bond acceptors (Lipinski definition) is 3. The van der Waals surface area contributed by atoms with Gasteiger partial charge in [0.1, 0.15) is 0 Å². The molecule has 20 heavy (non-hydrogen) atoms. The third kappa shape index (κ3) is 2.87. The molecule has 5 heteroatoms. The van der Waals surface area contributed by atoms with Crippen LogP contribution in [0.2, 0.25) is 5.02 Å². The number of nitrogens with zero attached hydrogens (tertiary/aromatic N) is 2. The summed E-state index contributed by atoms with van der Waals surface area (Å²) < 4.78 is 1.93. The van der Waals surface area contributed by atoms with Crippen molar-refractivity contribution in [1.29, 1.82) is 0 Å². The second kappa shape index (κ2) is 6.88. The van der Waals surface area contributed by atoms with E-state index in [1.807, 2.05) is 16.8 Å². The summed E-state index contributed by atoms with van der Waals surface area (Å²) >= 11 is 6.32. The maximum absolute atomic E-state index is 6.32. The largest absolute Gasteiger partial charge is 0.271 e. The van der Waals surface area contributed by atoms with Gasteiger partial charge in [0, 0.05) is 6.54 Å². The van der Waals surface area contributed by atoms with Crippen LogP contribution < -0.4 is 11.3 Å². The summed E-state index contributed by atoms with van der Waals surface area (Å²) in [6.07, 6.45) is 3.64. The topological polar surface area (TPSA) is 55.9 Å². The number of aromatic nitrogens is 2. The Morgan fingerprint density at radius 1 is 1.35 bits per heavy atom. The molecule has 1 heterocycles. The van der Waals surface area contributed by atoms with Gasteiger partial charge in [-0.15, -0.1) is 0 Å². The van der Waals surface area contributed by atoms with Gasteiger partial charge in [0.2, 0.25) is 0 Å². The first-order valence-electron chi connectivity index (χ1n) is 6.98. The number of nitrogens with two attached hydrogens (primary N) is 1. The maximum Gasteiger partial charge on any atom is 0.0896 e. The standard InChI is InChI=1S/C15H21ClN4/c1-3-9-20-15(13(16)10-18-20)14(19-17)12-8-6-5-7-11(12)4-2/h5-8,10,14,19H,3-4,9,17H2,1-2H3. The Hall–Kier alpha value is -1.36. The molecule has 4 nitrogen and oxygen atoms in total. The van der Waals surface area contributed by atoms with E-state index in [4.69, 9.17) is 17.4 Å². The molecule has 0 saturated carbocycles. The molecule has 0 saturated heterocycles. The monoisotopic (exact) mass is 292 g/mol. The summed E-state index contributed by atoms with van der Waals surface area (Å²) in [5, 5.41) is 4.99. The van der Waals surface area contributed by atoms with E-state index >= 15 is 0 Å². The molecule has 1 aromatic heterocycles. The van der Waals surface area contributed by atoms with Crippen LogP contribution in [0.25, 0.3) is 0 Å². The van der Waals surface area contributed by atoms with Crippen LogP contribution in [0.4, 0.5) is 0 Å². The van der Waals surface area contributed by atoms with Gasteiger partial charge in [0.25, 0.3) is 0 Å². The molecule has 0 aliphatic carbocycles. The average molecular weight is 293 g/mol. The van der Waals surface area contributed by atoms with Gasteiger partial charge in [-0.05, 0) is 24.0 Å². The molecule has 1 atom stereocenters. The first kappa shape index (κ1) is 15.0. The molecule has 0 spiro atoms. The molecule has 1 aromatic carbocycles. The smallest absolute Gasteiger partial charge is 0.0896 e. The van der Waals surface area contributed by atoms with E-state index in [1.165, 1.54) is 5.56 Å². The van der Waals surface area contributed by atoms with Crippen molar-refractivity contribution in [3.05, 3.63) is 52.3 Å². The van der Waals surface area contributed by atoms with Crippen LogP contribution in [0.5, 0.6) is 0 Å². The molecule has 0 amide bonds. The molecule has 0 bridgehead atoms. The zero-order valence-electron chi connectivity index (χ0n) is 11.9. The van der Waals surface area contributed by atoms with Gasteiger partial charge in [0.15, 0.2) is 0 Å². The van der Waals surface area contributed by atoms with Gasteiger partial charge < -0.3 is 0 Å². The lowest BCUT2D eigenvalue weighted by molar-refractivity contribution is 0.519. The number of nitrogens with one attached hydrogen (secondary N) is 1. The Bertz CT molecular complexity index is 565. The number of hydrazine groups is 1. The predicted molar refractivity (Wildman–Crippen MR) is 82.5 cm³/mol. The Kier molecular flexibility index (Phi) is 5.17. The van der Waals surface area contributed by atoms with E-state index in [1.54, 1.807) is 6.20 Å². The number of hydrogen-bond donors (Lipinski definition) is 2. The van der Waals surface area contributed by atoms with Crippen LogP contribution >= 0.6 is 11.6 Å². The normalized spacial score (nSPS) is 12.6. The van der Waals surface area contributed by atoms with Crippen LogP contribution in [-0.2, 0) is 13.0 Å². The fourth-order valence-electron chi connectivity index (χ4n) is 2.50. The Balaban J connectivity index is 2.49. The van der Waals surface area contributed by atoms with Crippen molar-refractivity contribution in [2.75, 3.05) is 0 Å². The maximum atomic E-state index is 6.32. The first-order chi connectivity index (χ1) is 9.72. The van der Waals surface area contributed by atoms with Gasteiger partial charge >= 0.3 is 0 Å². The highest BCUT2D eigenvalue weighted by atomic mass is 35.5. The molecule has 0 radical (unpaired) electrons. The third-order valence-electron chi connectivity index (χ3n) is 3.46. The van der Waals surface area contributed by atoms with Gasteiger partial charge in [-0.3, -0.25) is 10.5 Å². The van der Waals surface area contributed by atoms with Crippen molar-refractivity contribution in [2.24, 2.45) is 5.84 Å². The summed E-state index contributed by atoms with van der Waals surface area (Å²) in [6, 6.07) is 8.12. The fraction of sp³-hybridized carbons (Fsp3) is 0.400. The van der Waals surface area contributed by atoms with Crippen LogP contribution in [0.15, 0.2) is 30.5 Å². The number of halogens is 1. The van der Waals surface area contributed by atoms with Gasteiger partial charge in [-0.2, -0.15) is 5.10 Å². The fourth-order valence-corrected chi connectivity index (χ4v) is 2.75. The van der Waals surface area contributed by atoms with Crippen molar-refractivity contribution in [3.63, 3.8) is 0 Å². The second-order valence-corrected chi connectivity index (χ2v) is 5.16. The van der Waals surface area contributed by atoms with E-state index in [0.717, 1.165) is 30.6 Å².